The Morgan fingerprint density at radius 1 is 1.05 bits per heavy atom. The third-order valence-corrected chi connectivity index (χ3v) is 12.6. The highest BCUT2D eigenvalue weighted by Crippen LogP contribution is 2.67. The van der Waals surface area contributed by atoms with Gasteiger partial charge in [0.05, 0.1) is 11.5 Å². The molecule has 5 rings (SSSR count). The lowest BCUT2D eigenvalue weighted by atomic mass is 9.47. The zero-order valence-corrected chi connectivity index (χ0v) is 24.7. The third-order valence-electron chi connectivity index (χ3n) is 11.3. The summed E-state index contributed by atoms with van der Waals surface area (Å²) in [7, 11) is -3.71. The Morgan fingerprint density at radius 3 is 2.50 bits per heavy atom. The van der Waals surface area contributed by atoms with E-state index in [4.69, 9.17) is 8.92 Å². The van der Waals surface area contributed by atoms with Gasteiger partial charge in [-0.05, 0) is 111 Å². The van der Waals surface area contributed by atoms with Crippen LogP contribution in [0.5, 0.6) is 0 Å². The van der Waals surface area contributed by atoms with Crippen molar-refractivity contribution in [3.63, 3.8) is 0 Å². The van der Waals surface area contributed by atoms with Crippen LogP contribution in [0.25, 0.3) is 0 Å². The molecule has 1 aromatic rings. The van der Waals surface area contributed by atoms with Gasteiger partial charge in [-0.2, -0.15) is 8.42 Å². The largest absolute Gasteiger partial charge is 0.462 e. The molecule has 0 heterocycles. The molecule has 210 valence electrons. The first-order chi connectivity index (χ1) is 17.9. The van der Waals surface area contributed by atoms with Gasteiger partial charge in [0.25, 0.3) is 10.1 Å². The molecule has 5 nitrogen and oxygen atoms in total. The molecule has 8 atom stereocenters. The van der Waals surface area contributed by atoms with Crippen LogP contribution in [0.1, 0.15) is 91.0 Å². The van der Waals surface area contributed by atoms with E-state index in [1.165, 1.54) is 38.2 Å². The molecule has 0 radical (unpaired) electrons. The van der Waals surface area contributed by atoms with E-state index in [-0.39, 0.29) is 29.0 Å². The maximum atomic E-state index is 12.7. The molecule has 0 spiro atoms. The maximum Gasteiger partial charge on any atom is 0.302 e. The number of fused-ring (bicyclic) bond motifs is 5. The van der Waals surface area contributed by atoms with Gasteiger partial charge in [0.1, 0.15) is 6.10 Å². The molecule has 0 bridgehead atoms. The first-order valence-electron chi connectivity index (χ1n) is 14.8. The van der Waals surface area contributed by atoms with Crippen LogP contribution in [-0.2, 0) is 23.8 Å². The number of esters is 1. The number of aryl methyl sites for hydroxylation is 1. The minimum absolute atomic E-state index is 0.0472. The smallest absolute Gasteiger partial charge is 0.302 e. The van der Waals surface area contributed by atoms with E-state index in [2.05, 4.69) is 26.8 Å². The average Bonchev–Trinajstić information content (AvgIpc) is 3.21. The number of hydrogen-bond acceptors (Lipinski definition) is 5. The summed E-state index contributed by atoms with van der Waals surface area (Å²) < 4.78 is 36.4. The van der Waals surface area contributed by atoms with Crippen molar-refractivity contribution >= 4 is 16.1 Å². The monoisotopic (exact) mass is 542 g/mol. The molecule has 38 heavy (non-hydrogen) atoms. The zero-order valence-electron chi connectivity index (χ0n) is 23.9. The Labute approximate surface area is 229 Å². The SMILES string of the molecule is CC(=O)O[C@H]1CC[C@@]2(C)C(=CC[C@H]3[C@@H]4CC[C@H]([C@H](C)CCOS(=O)(=O)c5ccc(C)cc5)[C@@]4(C)CC[C@@H]32)C1. The van der Waals surface area contributed by atoms with Crippen molar-refractivity contribution in [2.24, 2.45) is 40.4 Å². The fourth-order valence-corrected chi connectivity index (χ4v) is 10.2. The summed E-state index contributed by atoms with van der Waals surface area (Å²) in [6.45, 7) is 11.0. The summed E-state index contributed by atoms with van der Waals surface area (Å²) in [6.07, 6.45) is 12.5. The molecule has 0 unspecified atom stereocenters. The summed E-state index contributed by atoms with van der Waals surface area (Å²) >= 11 is 0. The van der Waals surface area contributed by atoms with E-state index < -0.39 is 10.1 Å². The Balaban J connectivity index is 1.23. The van der Waals surface area contributed by atoms with E-state index >= 15 is 0 Å². The molecule has 0 N–H and O–H groups in total. The number of carbonyl (C=O) groups is 1. The number of hydrogen-bond donors (Lipinski definition) is 0. The molecule has 0 amide bonds. The van der Waals surface area contributed by atoms with Gasteiger partial charge in [-0.3, -0.25) is 8.98 Å². The highest BCUT2D eigenvalue weighted by molar-refractivity contribution is 7.86. The van der Waals surface area contributed by atoms with Crippen LogP contribution in [0.3, 0.4) is 0 Å². The molecular formula is C32H46O5S. The highest BCUT2D eigenvalue weighted by Gasteiger charge is 2.59. The zero-order chi connectivity index (χ0) is 27.3. The van der Waals surface area contributed by atoms with Crippen LogP contribution in [0.2, 0.25) is 0 Å². The lowest BCUT2D eigenvalue weighted by Crippen LogP contribution is -2.51. The summed E-state index contributed by atoms with van der Waals surface area (Å²) in [5.74, 6) is 3.05. The van der Waals surface area contributed by atoms with Crippen molar-refractivity contribution in [3.8, 4) is 0 Å². The van der Waals surface area contributed by atoms with Crippen LogP contribution in [0, 0.1) is 47.3 Å². The first kappa shape index (κ1) is 27.9. The summed E-state index contributed by atoms with van der Waals surface area (Å²) in [5.41, 5.74) is 3.12. The number of allylic oxidation sites excluding steroid dienone is 1. The molecule has 1 aromatic carbocycles. The molecule has 3 saturated carbocycles. The molecule has 0 saturated heterocycles. The van der Waals surface area contributed by atoms with Crippen molar-refractivity contribution < 1.29 is 22.1 Å². The summed E-state index contributed by atoms with van der Waals surface area (Å²) in [6, 6.07) is 6.87. The van der Waals surface area contributed by atoms with E-state index in [0.29, 0.717) is 17.3 Å². The van der Waals surface area contributed by atoms with Crippen molar-refractivity contribution in [2.45, 2.75) is 103 Å². The Morgan fingerprint density at radius 2 is 1.79 bits per heavy atom. The Hall–Kier alpha value is -1.66. The normalized spacial score (nSPS) is 37.4. The van der Waals surface area contributed by atoms with Crippen molar-refractivity contribution in [1.82, 2.24) is 0 Å². The summed E-state index contributed by atoms with van der Waals surface area (Å²) in [5, 5.41) is 0. The van der Waals surface area contributed by atoms with Crippen LogP contribution in [-0.4, -0.2) is 27.1 Å². The van der Waals surface area contributed by atoms with E-state index in [0.717, 1.165) is 55.4 Å². The second kappa shape index (κ2) is 10.4. The predicted octanol–water partition coefficient (Wildman–Crippen LogP) is 7.24. The number of rotatable bonds is 7. The number of benzene rings is 1. The quantitative estimate of drug-likeness (QED) is 0.206. The Bertz CT molecular complexity index is 1170. The van der Waals surface area contributed by atoms with E-state index in [9.17, 15) is 13.2 Å². The lowest BCUT2D eigenvalue weighted by Gasteiger charge is -2.58. The first-order valence-corrected chi connectivity index (χ1v) is 16.2. The molecule has 0 aliphatic heterocycles. The average molecular weight is 543 g/mol. The molecular weight excluding hydrogens is 496 g/mol. The number of carbonyl (C=O) groups excluding carboxylic acids is 1. The van der Waals surface area contributed by atoms with Gasteiger partial charge in [-0.25, -0.2) is 0 Å². The minimum Gasteiger partial charge on any atom is -0.462 e. The van der Waals surface area contributed by atoms with Crippen LogP contribution >= 0.6 is 0 Å². The van der Waals surface area contributed by atoms with Gasteiger partial charge in [-0.15, -0.1) is 0 Å². The molecule has 3 fully saturated rings. The van der Waals surface area contributed by atoms with Gasteiger partial charge < -0.3 is 4.74 Å². The second-order valence-corrected chi connectivity index (χ2v) is 14.9. The van der Waals surface area contributed by atoms with Crippen molar-refractivity contribution in [1.29, 1.82) is 0 Å². The van der Waals surface area contributed by atoms with Crippen LogP contribution in [0.4, 0.5) is 0 Å². The Kier molecular flexibility index (Phi) is 7.62. The minimum atomic E-state index is -3.71. The van der Waals surface area contributed by atoms with Gasteiger partial charge in [0, 0.05) is 13.3 Å². The maximum absolute atomic E-state index is 12.7. The molecule has 6 heteroatoms. The topological polar surface area (TPSA) is 69.7 Å². The third kappa shape index (κ3) is 5.00. The van der Waals surface area contributed by atoms with Gasteiger partial charge in [0.15, 0.2) is 0 Å². The van der Waals surface area contributed by atoms with Gasteiger partial charge in [-0.1, -0.05) is 50.1 Å². The predicted molar refractivity (Wildman–Crippen MR) is 149 cm³/mol. The fourth-order valence-electron chi connectivity index (χ4n) is 9.26. The van der Waals surface area contributed by atoms with Crippen molar-refractivity contribution in [3.05, 3.63) is 41.5 Å². The van der Waals surface area contributed by atoms with Crippen LogP contribution < -0.4 is 0 Å². The molecule has 4 aliphatic carbocycles. The van der Waals surface area contributed by atoms with E-state index in [1.54, 1.807) is 12.1 Å². The van der Waals surface area contributed by atoms with Crippen LogP contribution in [0.15, 0.2) is 40.8 Å². The fraction of sp³-hybridized carbons (Fsp3) is 0.719. The van der Waals surface area contributed by atoms with Gasteiger partial charge in [0.2, 0.25) is 0 Å². The van der Waals surface area contributed by atoms with Gasteiger partial charge >= 0.3 is 5.97 Å². The molecule has 4 aliphatic rings. The lowest BCUT2D eigenvalue weighted by molar-refractivity contribution is -0.148. The highest BCUT2D eigenvalue weighted by atomic mass is 32.2. The standard InChI is InChI=1S/C32H46O5S/c1-21-6-9-26(10-7-21)38(34,35)36-19-16-22(2)28-12-13-29-27-11-8-24-20-25(37-23(3)33)14-17-31(24,4)30(27)15-18-32(28,29)5/h6-10,22,25,27-30H,11-20H2,1-5H3/t22-,25+,27+,28-,29+,30+,31+,32-/m1/s1. The van der Waals surface area contributed by atoms with E-state index in [1.807, 2.05) is 19.1 Å². The summed E-state index contributed by atoms with van der Waals surface area (Å²) in [4.78, 5) is 11.8. The number of ether oxygens (including phenoxy) is 1. The second-order valence-electron chi connectivity index (χ2n) is 13.3. The van der Waals surface area contributed by atoms with Crippen molar-refractivity contribution in [2.75, 3.05) is 6.61 Å². The molecule has 0 aromatic heterocycles.